The Morgan fingerprint density at radius 2 is 1.60 bits per heavy atom. The van der Waals surface area contributed by atoms with E-state index < -0.39 is 5.97 Å². The number of carbonyl (C=O) groups is 1. The van der Waals surface area contributed by atoms with Crippen LogP contribution in [0, 0.1) is 5.41 Å². The molecule has 88 valence electrons. The van der Waals surface area contributed by atoms with Gasteiger partial charge < -0.3 is 5.11 Å². The van der Waals surface area contributed by atoms with E-state index in [1.165, 1.54) is 38.5 Å². The van der Waals surface area contributed by atoms with E-state index in [2.05, 4.69) is 6.92 Å². The van der Waals surface area contributed by atoms with E-state index in [1.54, 1.807) is 0 Å². The second-order valence-corrected chi connectivity index (χ2v) is 4.96. The predicted molar refractivity (Wildman–Crippen MR) is 61.9 cm³/mol. The number of aliphatic carboxylic acids is 1. The van der Waals surface area contributed by atoms with Gasteiger partial charge in [0.1, 0.15) is 0 Å². The molecule has 1 aliphatic carbocycles. The SMILES string of the molecule is CCCCCCCCCC1(C(=O)O)CC1. The maximum absolute atomic E-state index is 10.9. The lowest BCUT2D eigenvalue weighted by Gasteiger charge is -2.08. The normalized spacial score (nSPS) is 17.7. The van der Waals surface area contributed by atoms with Crippen molar-refractivity contribution in [3.8, 4) is 0 Å². The van der Waals surface area contributed by atoms with Crippen molar-refractivity contribution < 1.29 is 9.90 Å². The van der Waals surface area contributed by atoms with Crippen LogP contribution < -0.4 is 0 Å². The minimum Gasteiger partial charge on any atom is -0.481 e. The molecule has 0 unspecified atom stereocenters. The Balaban J connectivity index is 1.91. The zero-order chi connectivity index (χ0) is 11.1. The monoisotopic (exact) mass is 212 g/mol. The van der Waals surface area contributed by atoms with Crippen molar-refractivity contribution in [1.82, 2.24) is 0 Å². The van der Waals surface area contributed by atoms with Gasteiger partial charge in [0.2, 0.25) is 0 Å². The van der Waals surface area contributed by atoms with Gasteiger partial charge in [-0.2, -0.15) is 0 Å². The molecule has 1 rings (SSSR count). The molecule has 1 aliphatic rings. The fourth-order valence-electron chi connectivity index (χ4n) is 2.14. The second kappa shape index (κ2) is 6.14. The Morgan fingerprint density at radius 3 is 2.07 bits per heavy atom. The molecule has 1 saturated carbocycles. The summed E-state index contributed by atoms with van der Waals surface area (Å²) < 4.78 is 0. The quantitative estimate of drug-likeness (QED) is 0.587. The first-order valence-corrected chi connectivity index (χ1v) is 6.45. The van der Waals surface area contributed by atoms with Crippen LogP contribution in [0.1, 0.15) is 71.1 Å². The molecule has 2 heteroatoms. The fraction of sp³-hybridized carbons (Fsp3) is 0.923. The molecule has 0 atom stereocenters. The highest BCUT2D eigenvalue weighted by Gasteiger charge is 2.49. The van der Waals surface area contributed by atoms with Crippen molar-refractivity contribution in [3.63, 3.8) is 0 Å². The van der Waals surface area contributed by atoms with Crippen LogP contribution >= 0.6 is 0 Å². The van der Waals surface area contributed by atoms with Crippen LogP contribution in [0.3, 0.4) is 0 Å². The van der Waals surface area contributed by atoms with Crippen LogP contribution in [0.15, 0.2) is 0 Å². The van der Waals surface area contributed by atoms with Crippen molar-refractivity contribution in [2.45, 2.75) is 71.1 Å². The van der Waals surface area contributed by atoms with Gasteiger partial charge in [-0.15, -0.1) is 0 Å². The van der Waals surface area contributed by atoms with E-state index in [0.717, 1.165) is 25.7 Å². The summed E-state index contributed by atoms with van der Waals surface area (Å²) in [5.74, 6) is -0.562. The molecule has 0 bridgehead atoms. The molecule has 0 spiro atoms. The van der Waals surface area contributed by atoms with Crippen LogP contribution in [-0.2, 0) is 4.79 Å². The summed E-state index contributed by atoms with van der Waals surface area (Å²) in [5.41, 5.74) is -0.288. The largest absolute Gasteiger partial charge is 0.481 e. The molecular weight excluding hydrogens is 188 g/mol. The Bertz CT molecular complexity index is 195. The summed E-state index contributed by atoms with van der Waals surface area (Å²) in [4.78, 5) is 10.9. The van der Waals surface area contributed by atoms with E-state index in [1.807, 2.05) is 0 Å². The zero-order valence-corrected chi connectivity index (χ0v) is 9.93. The maximum atomic E-state index is 10.9. The highest BCUT2D eigenvalue weighted by atomic mass is 16.4. The average Bonchev–Trinajstić information content (AvgIpc) is 2.98. The topological polar surface area (TPSA) is 37.3 Å². The molecule has 0 aromatic rings. The molecule has 0 saturated heterocycles. The molecule has 0 radical (unpaired) electrons. The van der Waals surface area contributed by atoms with E-state index in [9.17, 15) is 4.79 Å². The smallest absolute Gasteiger partial charge is 0.309 e. The van der Waals surface area contributed by atoms with Crippen molar-refractivity contribution in [2.24, 2.45) is 5.41 Å². The lowest BCUT2D eigenvalue weighted by molar-refractivity contribution is -0.143. The van der Waals surface area contributed by atoms with Gasteiger partial charge >= 0.3 is 5.97 Å². The Hall–Kier alpha value is -0.530. The lowest BCUT2D eigenvalue weighted by atomic mass is 9.98. The third kappa shape index (κ3) is 4.23. The van der Waals surface area contributed by atoms with Gasteiger partial charge in [-0.3, -0.25) is 4.79 Å². The first-order chi connectivity index (χ1) is 7.21. The number of hydrogen-bond donors (Lipinski definition) is 1. The van der Waals surface area contributed by atoms with E-state index in [0.29, 0.717) is 0 Å². The molecule has 0 aromatic heterocycles. The number of rotatable bonds is 9. The van der Waals surface area contributed by atoms with Gasteiger partial charge in [-0.1, -0.05) is 51.9 Å². The van der Waals surface area contributed by atoms with E-state index in [4.69, 9.17) is 5.11 Å². The van der Waals surface area contributed by atoms with Gasteiger partial charge in [0.25, 0.3) is 0 Å². The third-order valence-electron chi connectivity index (χ3n) is 3.57. The van der Waals surface area contributed by atoms with Gasteiger partial charge in [0.05, 0.1) is 5.41 Å². The van der Waals surface area contributed by atoms with Crippen molar-refractivity contribution in [2.75, 3.05) is 0 Å². The molecule has 1 fully saturated rings. The first-order valence-electron chi connectivity index (χ1n) is 6.45. The van der Waals surface area contributed by atoms with Crippen molar-refractivity contribution >= 4 is 5.97 Å². The summed E-state index contributed by atoms with van der Waals surface area (Å²) in [6.07, 6.45) is 11.7. The third-order valence-corrected chi connectivity index (χ3v) is 3.57. The number of unbranched alkanes of at least 4 members (excludes halogenated alkanes) is 6. The van der Waals surface area contributed by atoms with Gasteiger partial charge in [-0.05, 0) is 19.3 Å². The summed E-state index contributed by atoms with van der Waals surface area (Å²) in [5, 5.41) is 8.98. The molecule has 2 nitrogen and oxygen atoms in total. The summed E-state index contributed by atoms with van der Waals surface area (Å²) >= 11 is 0. The highest BCUT2D eigenvalue weighted by molar-refractivity contribution is 5.77. The molecular formula is C13H24O2. The molecule has 0 aliphatic heterocycles. The van der Waals surface area contributed by atoms with Crippen LogP contribution in [0.2, 0.25) is 0 Å². The van der Waals surface area contributed by atoms with Crippen LogP contribution in [0.4, 0.5) is 0 Å². The zero-order valence-electron chi connectivity index (χ0n) is 9.93. The van der Waals surface area contributed by atoms with Crippen LogP contribution in [-0.4, -0.2) is 11.1 Å². The number of carboxylic acids is 1. The molecule has 15 heavy (non-hydrogen) atoms. The van der Waals surface area contributed by atoms with E-state index >= 15 is 0 Å². The summed E-state index contributed by atoms with van der Waals surface area (Å²) in [6, 6.07) is 0. The lowest BCUT2D eigenvalue weighted by Crippen LogP contribution is -2.14. The standard InChI is InChI=1S/C13H24O2/c1-2-3-4-5-6-7-8-9-13(10-11-13)12(14)15/h2-11H2,1H3,(H,14,15). The van der Waals surface area contributed by atoms with Crippen LogP contribution in [0.5, 0.6) is 0 Å². The Kier molecular flexibility index (Phi) is 5.13. The minimum atomic E-state index is -0.562. The first kappa shape index (κ1) is 12.5. The highest BCUT2D eigenvalue weighted by Crippen LogP contribution is 2.50. The molecule has 1 N–H and O–H groups in total. The maximum Gasteiger partial charge on any atom is 0.309 e. The molecule has 0 heterocycles. The second-order valence-electron chi connectivity index (χ2n) is 4.96. The van der Waals surface area contributed by atoms with Gasteiger partial charge in [0, 0.05) is 0 Å². The molecule has 0 amide bonds. The number of carboxylic acid groups (broad SMARTS) is 1. The number of hydrogen-bond acceptors (Lipinski definition) is 1. The van der Waals surface area contributed by atoms with Gasteiger partial charge in [-0.25, -0.2) is 0 Å². The van der Waals surface area contributed by atoms with Crippen molar-refractivity contribution in [3.05, 3.63) is 0 Å². The summed E-state index contributed by atoms with van der Waals surface area (Å²) in [7, 11) is 0. The van der Waals surface area contributed by atoms with E-state index in [-0.39, 0.29) is 5.41 Å². The van der Waals surface area contributed by atoms with Crippen LogP contribution in [0.25, 0.3) is 0 Å². The molecule has 0 aromatic carbocycles. The average molecular weight is 212 g/mol. The Morgan fingerprint density at radius 1 is 1.07 bits per heavy atom. The van der Waals surface area contributed by atoms with Gasteiger partial charge in [0.15, 0.2) is 0 Å². The van der Waals surface area contributed by atoms with Crippen molar-refractivity contribution in [1.29, 1.82) is 0 Å². The predicted octanol–water partition coefficient (Wildman–Crippen LogP) is 3.99. The summed E-state index contributed by atoms with van der Waals surface area (Å²) in [6.45, 7) is 2.23. The minimum absolute atomic E-state index is 0.288. The Labute approximate surface area is 93.1 Å². The fourth-order valence-corrected chi connectivity index (χ4v) is 2.14.